The van der Waals surface area contributed by atoms with Gasteiger partial charge >= 0.3 is 0 Å². The summed E-state index contributed by atoms with van der Waals surface area (Å²) in [5.74, 6) is -1.54. The Bertz CT molecular complexity index is 271. The Kier molecular flexibility index (Phi) is 5.28. The lowest BCUT2D eigenvalue weighted by molar-refractivity contribution is -0.133. The minimum atomic E-state index is -0.703. The standard InChI is InChI=1S/C8H13N3O3/c1-4-6(12)9-10-7(13)5-8(14)11(2)3/h4-5H2,1-3H3. The van der Waals surface area contributed by atoms with Crippen LogP contribution in [0.4, 0.5) is 0 Å². The Hall–Kier alpha value is -1.59. The van der Waals surface area contributed by atoms with Crippen molar-refractivity contribution in [3.63, 3.8) is 0 Å². The largest absolute Gasteiger partial charge is 0.348 e. The van der Waals surface area contributed by atoms with E-state index in [-0.39, 0.29) is 18.7 Å². The Balaban J connectivity index is 4.05. The van der Waals surface area contributed by atoms with Crippen molar-refractivity contribution in [3.8, 4) is 0 Å². The maximum Gasteiger partial charge on any atom is 0.274 e. The highest BCUT2D eigenvalue weighted by Crippen LogP contribution is 1.93. The summed E-state index contributed by atoms with van der Waals surface area (Å²) in [5, 5.41) is 6.23. The molecular weight excluding hydrogens is 186 g/mol. The molecule has 0 spiro atoms. The molecule has 0 atom stereocenters. The number of amides is 3. The predicted octanol–water partition coefficient (Wildman–Crippen LogP) is 0.380. The van der Waals surface area contributed by atoms with Crippen molar-refractivity contribution in [1.82, 2.24) is 4.90 Å². The predicted molar refractivity (Wildman–Crippen MR) is 48.5 cm³/mol. The minimum absolute atomic E-state index is 0.193. The molecule has 0 aliphatic carbocycles. The van der Waals surface area contributed by atoms with Gasteiger partial charge in [0.1, 0.15) is 6.42 Å². The lowest BCUT2D eigenvalue weighted by Gasteiger charge is -2.06. The fourth-order valence-electron chi connectivity index (χ4n) is 0.505. The lowest BCUT2D eigenvalue weighted by Crippen LogP contribution is -2.23. The highest BCUT2D eigenvalue weighted by Gasteiger charge is 2.10. The first kappa shape index (κ1) is 12.4. The first-order chi connectivity index (χ1) is 6.47. The van der Waals surface area contributed by atoms with Gasteiger partial charge in [0.05, 0.1) is 0 Å². The highest BCUT2D eigenvalue weighted by molar-refractivity contribution is 5.97. The van der Waals surface area contributed by atoms with E-state index >= 15 is 0 Å². The number of carbonyl (C=O) groups excluding carboxylic acids is 3. The molecule has 0 N–H and O–H groups in total. The Morgan fingerprint density at radius 3 is 2.00 bits per heavy atom. The molecule has 0 unspecified atom stereocenters. The molecule has 0 saturated heterocycles. The molecule has 0 aliphatic rings. The van der Waals surface area contributed by atoms with Crippen LogP contribution in [0.15, 0.2) is 10.2 Å². The third-order valence-electron chi connectivity index (χ3n) is 1.38. The van der Waals surface area contributed by atoms with Gasteiger partial charge in [-0.05, 0) is 0 Å². The monoisotopic (exact) mass is 199 g/mol. The maximum atomic E-state index is 11.0. The summed E-state index contributed by atoms with van der Waals surface area (Å²) in [6.07, 6.45) is -0.161. The molecule has 0 saturated carbocycles. The molecular formula is C8H13N3O3. The Morgan fingerprint density at radius 1 is 1.07 bits per heavy atom. The molecule has 3 amide bonds. The molecule has 6 heteroatoms. The summed E-state index contributed by atoms with van der Waals surface area (Å²) in [6.45, 7) is 1.61. The minimum Gasteiger partial charge on any atom is -0.348 e. The van der Waals surface area contributed by atoms with Crippen molar-refractivity contribution in [2.75, 3.05) is 14.1 Å². The van der Waals surface area contributed by atoms with Crippen molar-refractivity contribution < 1.29 is 14.4 Å². The molecule has 14 heavy (non-hydrogen) atoms. The van der Waals surface area contributed by atoms with Crippen molar-refractivity contribution >= 4 is 17.7 Å². The van der Waals surface area contributed by atoms with Crippen molar-refractivity contribution in [3.05, 3.63) is 0 Å². The smallest absolute Gasteiger partial charge is 0.274 e. The number of hydrogen-bond donors (Lipinski definition) is 0. The lowest BCUT2D eigenvalue weighted by atomic mass is 10.4. The molecule has 78 valence electrons. The SMILES string of the molecule is CCC(=O)N=NC(=O)CC(=O)N(C)C. The van der Waals surface area contributed by atoms with Crippen LogP contribution in [0.2, 0.25) is 0 Å². The van der Waals surface area contributed by atoms with Crippen LogP contribution in [0.3, 0.4) is 0 Å². The fourth-order valence-corrected chi connectivity index (χ4v) is 0.505. The third kappa shape index (κ3) is 5.13. The molecule has 0 radical (unpaired) electrons. The summed E-state index contributed by atoms with van der Waals surface area (Å²) in [6, 6.07) is 0. The van der Waals surface area contributed by atoms with E-state index in [4.69, 9.17) is 0 Å². The Morgan fingerprint density at radius 2 is 1.57 bits per heavy atom. The number of carbonyl (C=O) groups is 3. The van der Waals surface area contributed by atoms with Crippen molar-refractivity contribution in [2.45, 2.75) is 19.8 Å². The Labute approximate surface area is 82.0 Å². The summed E-state index contributed by atoms with van der Waals surface area (Å²) in [7, 11) is 3.06. The maximum absolute atomic E-state index is 11.0. The number of hydrogen-bond acceptors (Lipinski definition) is 3. The van der Waals surface area contributed by atoms with Crippen LogP contribution in [0.5, 0.6) is 0 Å². The topological polar surface area (TPSA) is 79.2 Å². The van der Waals surface area contributed by atoms with Gasteiger partial charge in [0.2, 0.25) is 5.91 Å². The van der Waals surface area contributed by atoms with Crippen LogP contribution in [0.25, 0.3) is 0 Å². The third-order valence-corrected chi connectivity index (χ3v) is 1.38. The molecule has 6 nitrogen and oxygen atoms in total. The average Bonchev–Trinajstić information content (AvgIpc) is 2.13. The van der Waals surface area contributed by atoms with Gasteiger partial charge in [-0.15, -0.1) is 10.2 Å². The van der Waals surface area contributed by atoms with Crippen LogP contribution in [0, 0.1) is 0 Å². The first-order valence-corrected chi connectivity index (χ1v) is 4.15. The molecule has 0 aliphatic heterocycles. The van der Waals surface area contributed by atoms with E-state index in [1.54, 1.807) is 6.92 Å². The molecule has 0 aromatic heterocycles. The van der Waals surface area contributed by atoms with E-state index in [1.807, 2.05) is 0 Å². The van der Waals surface area contributed by atoms with E-state index in [0.29, 0.717) is 0 Å². The summed E-state index contributed by atoms with van der Waals surface area (Å²) >= 11 is 0. The zero-order chi connectivity index (χ0) is 11.1. The van der Waals surface area contributed by atoms with Crippen molar-refractivity contribution in [2.24, 2.45) is 10.2 Å². The van der Waals surface area contributed by atoms with E-state index in [1.165, 1.54) is 19.0 Å². The average molecular weight is 199 g/mol. The van der Waals surface area contributed by atoms with E-state index in [2.05, 4.69) is 10.2 Å². The van der Waals surface area contributed by atoms with Gasteiger partial charge in [0.15, 0.2) is 0 Å². The summed E-state index contributed by atoms with van der Waals surface area (Å²) < 4.78 is 0. The van der Waals surface area contributed by atoms with Crippen LogP contribution in [0.1, 0.15) is 19.8 Å². The number of nitrogens with zero attached hydrogens (tertiary/aromatic N) is 3. The molecule has 0 bridgehead atoms. The zero-order valence-electron chi connectivity index (χ0n) is 8.48. The van der Waals surface area contributed by atoms with Crippen LogP contribution in [-0.4, -0.2) is 36.7 Å². The van der Waals surface area contributed by atoms with Gasteiger partial charge in [-0.2, -0.15) is 0 Å². The quantitative estimate of drug-likeness (QED) is 0.486. The van der Waals surface area contributed by atoms with Gasteiger partial charge in [-0.3, -0.25) is 14.4 Å². The van der Waals surface area contributed by atoms with Gasteiger partial charge in [-0.25, -0.2) is 0 Å². The van der Waals surface area contributed by atoms with Gasteiger partial charge in [0.25, 0.3) is 11.8 Å². The van der Waals surface area contributed by atoms with Gasteiger partial charge in [-0.1, -0.05) is 6.92 Å². The van der Waals surface area contributed by atoms with Gasteiger partial charge in [0, 0.05) is 20.5 Å². The highest BCUT2D eigenvalue weighted by atomic mass is 16.2. The second-order valence-corrected chi connectivity index (χ2v) is 2.81. The number of azo groups is 1. The molecule has 0 aromatic rings. The van der Waals surface area contributed by atoms with Crippen LogP contribution in [-0.2, 0) is 14.4 Å². The number of rotatable bonds is 3. The summed E-state index contributed by atoms with van der Waals surface area (Å²) in [4.78, 5) is 33.8. The van der Waals surface area contributed by atoms with E-state index in [0.717, 1.165) is 0 Å². The normalized spacial score (nSPS) is 10.2. The van der Waals surface area contributed by atoms with Crippen LogP contribution < -0.4 is 0 Å². The molecule has 0 fully saturated rings. The molecule has 0 rings (SSSR count). The van der Waals surface area contributed by atoms with E-state index in [9.17, 15) is 14.4 Å². The molecule has 0 heterocycles. The van der Waals surface area contributed by atoms with E-state index < -0.39 is 11.8 Å². The summed E-state index contributed by atoms with van der Waals surface area (Å²) in [5.41, 5.74) is 0. The van der Waals surface area contributed by atoms with Gasteiger partial charge < -0.3 is 4.90 Å². The van der Waals surface area contributed by atoms with Crippen LogP contribution >= 0.6 is 0 Å². The first-order valence-electron chi connectivity index (χ1n) is 4.15. The van der Waals surface area contributed by atoms with Crippen molar-refractivity contribution in [1.29, 1.82) is 0 Å². The second-order valence-electron chi connectivity index (χ2n) is 2.81. The second kappa shape index (κ2) is 5.95. The molecule has 0 aromatic carbocycles. The zero-order valence-corrected chi connectivity index (χ0v) is 8.48. The fraction of sp³-hybridized carbons (Fsp3) is 0.625.